The number of carbonyl (C=O) groups excluding carboxylic acids is 2. The number of hydrogen-bond acceptors (Lipinski definition) is 5. The molecular formula is C24H20O5. The largest absolute Gasteiger partial charge is 0.496 e. The average molecular weight is 388 g/mol. The Morgan fingerprint density at radius 3 is 2.62 bits per heavy atom. The molecule has 0 N–H and O–H groups in total. The van der Waals surface area contributed by atoms with Gasteiger partial charge in [-0.15, -0.1) is 0 Å². The molecule has 5 nitrogen and oxygen atoms in total. The predicted molar refractivity (Wildman–Crippen MR) is 110 cm³/mol. The normalized spacial score (nSPS) is 11.0. The Bertz CT molecular complexity index is 1220. The SMILES string of the molecule is COc1ccc(C(C)=O)cc1COC(=O)Cc1coc2ccc3ccccc3c12. The molecule has 0 unspecified atom stereocenters. The molecule has 3 aromatic carbocycles. The number of ether oxygens (including phenoxy) is 2. The Hall–Kier alpha value is -3.60. The first-order chi connectivity index (χ1) is 14.1. The first-order valence-corrected chi connectivity index (χ1v) is 9.28. The summed E-state index contributed by atoms with van der Waals surface area (Å²) >= 11 is 0. The average Bonchev–Trinajstić information content (AvgIpc) is 3.15. The van der Waals surface area contributed by atoms with Gasteiger partial charge < -0.3 is 13.9 Å². The summed E-state index contributed by atoms with van der Waals surface area (Å²) in [4.78, 5) is 24.1. The van der Waals surface area contributed by atoms with Crippen LogP contribution in [0.25, 0.3) is 21.7 Å². The second kappa shape index (κ2) is 7.80. The van der Waals surface area contributed by atoms with Crippen LogP contribution in [0.2, 0.25) is 0 Å². The van der Waals surface area contributed by atoms with Crippen molar-refractivity contribution in [3.8, 4) is 5.75 Å². The van der Waals surface area contributed by atoms with Crippen molar-refractivity contribution in [2.45, 2.75) is 20.0 Å². The van der Waals surface area contributed by atoms with Crippen molar-refractivity contribution >= 4 is 33.5 Å². The molecule has 5 heteroatoms. The first kappa shape index (κ1) is 18.7. The van der Waals surface area contributed by atoms with E-state index in [2.05, 4.69) is 0 Å². The summed E-state index contributed by atoms with van der Waals surface area (Å²) in [7, 11) is 1.54. The van der Waals surface area contributed by atoms with Gasteiger partial charge in [0.15, 0.2) is 5.78 Å². The summed E-state index contributed by atoms with van der Waals surface area (Å²) in [5, 5.41) is 3.05. The van der Waals surface area contributed by atoms with Crippen LogP contribution in [-0.2, 0) is 22.6 Å². The van der Waals surface area contributed by atoms with Gasteiger partial charge in [0.2, 0.25) is 0 Å². The maximum absolute atomic E-state index is 12.5. The number of hydrogen-bond donors (Lipinski definition) is 0. The third-order valence-electron chi connectivity index (χ3n) is 4.95. The number of rotatable bonds is 6. The van der Waals surface area contributed by atoms with E-state index in [1.165, 1.54) is 14.0 Å². The summed E-state index contributed by atoms with van der Waals surface area (Å²) in [5.74, 6) is 0.135. The van der Waals surface area contributed by atoms with Gasteiger partial charge in [0.25, 0.3) is 0 Å². The van der Waals surface area contributed by atoms with Gasteiger partial charge in [-0.3, -0.25) is 9.59 Å². The number of Topliss-reactive ketones (excluding diaryl/α,β-unsaturated/α-hetero) is 1. The molecule has 146 valence electrons. The van der Waals surface area contributed by atoms with Gasteiger partial charge in [-0.1, -0.05) is 30.3 Å². The first-order valence-electron chi connectivity index (χ1n) is 9.28. The van der Waals surface area contributed by atoms with E-state index < -0.39 is 0 Å². The lowest BCUT2D eigenvalue weighted by Crippen LogP contribution is -2.09. The molecule has 0 atom stereocenters. The fraction of sp³-hybridized carbons (Fsp3) is 0.167. The Balaban J connectivity index is 1.55. The van der Waals surface area contributed by atoms with Crippen molar-refractivity contribution in [1.82, 2.24) is 0 Å². The van der Waals surface area contributed by atoms with Crippen LogP contribution < -0.4 is 4.74 Å². The van der Waals surface area contributed by atoms with Crippen LogP contribution in [0.1, 0.15) is 28.4 Å². The van der Waals surface area contributed by atoms with Crippen LogP contribution in [0, 0.1) is 0 Å². The van der Waals surface area contributed by atoms with Gasteiger partial charge in [-0.05, 0) is 42.0 Å². The van der Waals surface area contributed by atoms with E-state index in [1.54, 1.807) is 24.5 Å². The summed E-state index contributed by atoms with van der Waals surface area (Å²) in [6.07, 6.45) is 1.70. The second-order valence-electron chi connectivity index (χ2n) is 6.84. The number of esters is 1. The van der Waals surface area contributed by atoms with Crippen molar-refractivity contribution in [3.63, 3.8) is 0 Å². The van der Waals surface area contributed by atoms with Gasteiger partial charge in [0, 0.05) is 22.1 Å². The number of benzene rings is 3. The molecule has 0 saturated carbocycles. The Kier molecular flexibility index (Phi) is 5.04. The maximum atomic E-state index is 12.5. The Labute approximate surface area is 167 Å². The standard InChI is InChI=1S/C24H20O5/c1-15(25)17-8-9-21(27-2)18(11-17)13-29-23(26)12-19-14-28-22-10-7-16-5-3-4-6-20(16)24(19)22/h3-11,14H,12-13H2,1-2H3. The Morgan fingerprint density at radius 2 is 1.83 bits per heavy atom. The van der Waals surface area contributed by atoms with E-state index >= 15 is 0 Å². The highest BCUT2D eigenvalue weighted by Crippen LogP contribution is 2.30. The zero-order valence-electron chi connectivity index (χ0n) is 16.2. The zero-order chi connectivity index (χ0) is 20.4. The van der Waals surface area contributed by atoms with E-state index in [0.29, 0.717) is 16.9 Å². The van der Waals surface area contributed by atoms with Gasteiger partial charge in [0.05, 0.1) is 19.8 Å². The molecular weight excluding hydrogens is 368 g/mol. The van der Waals surface area contributed by atoms with Crippen molar-refractivity contribution in [1.29, 1.82) is 0 Å². The predicted octanol–water partition coefficient (Wildman–Crippen LogP) is 5.08. The van der Waals surface area contributed by atoms with E-state index in [1.807, 2.05) is 36.4 Å². The third kappa shape index (κ3) is 3.72. The molecule has 0 fully saturated rings. The monoisotopic (exact) mass is 388 g/mol. The molecule has 0 spiro atoms. The van der Waals surface area contributed by atoms with Crippen LogP contribution in [0.5, 0.6) is 5.75 Å². The van der Waals surface area contributed by atoms with E-state index in [9.17, 15) is 9.59 Å². The van der Waals surface area contributed by atoms with Crippen LogP contribution in [0.3, 0.4) is 0 Å². The molecule has 0 saturated heterocycles. The quantitative estimate of drug-likeness (QED) is 0.340. The molecule has 0 amide bonds. The molecule has 0 aliphatic heterocycles. The van der Waals surface area contributed by atoms with Crippen molar-refractivity contribution < 1.29 is 23.5 Å². The number of ketones is 1. The smallest absolute Gasteiger partial charge is 0.310 e. The second-order valence-corrected chi connectivity index (χ2v) is 6.84. The molecule has 0 aliphatic rings. The van der Waals surface area contributed by atoms with Gasteiger partial charge >= 0.3 is 5.97 Å². The lowest BCUT2D eigenvalue weighted by molar-refractivity contribution is -0.144. The number of furan rings is 1. The van der Waals surface area contributed by atoms with Gasteiger partial charge in [0.1, 0.15) is 17.9 Å². The van der Waals surface area contributed by atoms with E-state index in [-0.39, 0.29) is 24.8 Å². The van der Waals surface area contributed by atoms with Crippen LogP contribution in [0.15, 0.2) is 65.3 Å². The summed E-state index contributed by atoms with van der Waals surface area (Å²) < 4.78 is 16.4. The minimum absolute atomic E-state index is 0.0274. The van der Waals surface area contributed by atoms with Gasteiger partial charge in [-0.2, -0.15) is 0 Å². The highest BCUT2D eigenvalue weighted by molar-refractivity contribution is 6.08. The molecule has 1 aromatic heterocycles. The lowest BCUT2D eigenvalue weighted by Gasteiger charge is -2.10. The fourth-order valence-electron chi connectivity index (χ4n) is 3.48. The molecule has 4 aromatic rings. The van der Waals surface area contributed by atoms with E-state index in [4.69, 9.17) is 13.9 Å². The number of carbonyl (C=O) groups is 2. The van der Waals surface area contributed by atoms with Gasteiger partial charge in [-0.25, -0.2) is 0 Å². The number of methoxy groups -OCH3 is 1. The summed E-state index contributed by atoms with van der Waals surface area (Å²) in [5.41, 5.74) is 2.72. The van der Waals surface area contributed by atoms with Crippen molar-refractivity contribution in [2.24, 2.45) is 0 Å². The molecule has 0 radical (unpaired) electrons. The van der Waals surface area contributed by atoms with Crippen LogP contribution >= 0.6 is 0 Å². The molecule has 0 bridgehead atoms. The van der Waals surface area contributed by atoms with E-state index in [0.717, 1.165) is 27.3 Å². The lowest BCUT2D eigenvalue weighted by atomic mass is 10.0. The van der Waals surface area contributed by atoms with Crippen molar-refractivity contribution in [2.75, 3.05) is 7.11 Å². The summed E-state index contributed by atoms with van der Waals surface area (Å²) in [6, 6.07) is 17.0. The molecule has 1 heterocycles. The van der Waals surface area contributed by atoms with Crippen LogP contribution in [0.4, 0.5) is 0 Å². The minimum atomic E-state index is -0.379. The molecule has 29 heavy (non-hydrogen) atoms. The Morgan fingerprint density at radius 1 is 1.00 bits per heavy atom. The fourth-order valence-corrected chi connectivity index (χ4v) is 3.48. The minimum Gasteiger partial charge on any atom is -0.496 e. The van der Waals surface area contributed by atoms with Crippen LogP contribution in [-0.4, -0.2) is 18.9 Å². The highest BCUT2D eigenvalue weighted by Gasteiger charge is 2.15. The maximum Gasteiger partial charge on any atom is 0.310 e. The summed E-state index contributed by atoms with van der Waals surface area (Å²) in [6.45, 7) is 1.52. The molecule has 4 rings (SSSR count). The third-order valence-corrected chi connectivity index (χ3v) is 4.95. The molecule has 0 aliphatic carbocycles. The zero-order valence-corrected chi connectivity index (χ0v) is 16.2. The number of fused-ring (bicyclic) bond motifs is 3. The topological polar surface area (TPSA) is 65.7 Å². The van der Waals surface area contributed by atoms with Crippen molar-refractivity contribution in [3.05, 3.63) is 77.6 Å². The highest BCUT2D eigenvalue weighted by atomic mass is 16.5.